The number of aliphatic hydroxyl groups is 1. The predicted molar refractivity (Wildman–Crippen MR) is 120 cm³/mol. The molecule has 1 heterocycles. The Bertz CT molecular complexity index is 792. The van der Waals surface area contributed by atoms with Gasteiger partial charge in [-0.05, 0) is 56.1 Å². The van der Waals surface area contributed by atoms with Gasteiger partial charge in [0.25, 0.3) is 0 Å². The van der Waals surface area contributed by atoms with Crippen molar-refractivity contribution in [3.63, 3.8) is 0 Å². The van der Waals surface area contributed by atoms with Gasteiger partial charge in [-0.15, -0.1) is 0 Å². The second-order valence-electron chi connectivity index (χ2n) is 10.5. The summed E-state index contributed by atoms with van der Waals surface area (Å²) in [4.78, 5) is 24.7. The molecule has 0 aromatic rings. The summed E-state index contributed by atoms with van der Waals surface area (Å²) in [6.07, 6.45) is 11.4. The van der Waals surface area contributed by atoms with Crippen LogP contribution in [-0.4, -0.2) is 35.4 Å². The summed E-state index contributed by atoms with van der Waals surface area (Å²) in [5.41, 5.74) is 0.315. The molecule has 5 nitrogen and oxygen atoms in total. The Labute approximate surface area is 186 Å². The summed E-state index contributed by atoms with van der Waals surface area (Å²) in [5, 5.41) is 9.93. The molecule has 0 radical (unpaired) electrons. The van der Waals surface area contributed by atoms with Crippen LogP contribution in [0.15, 0.2) is 36.0 Å². The molecule has 2 aliphatic carbocycles. The van der Waals surface area contributed by atoms with Crippen LogP contribution in [0.1, 0.15) is 67.2 Å². The third kappa shape index (κ3) is 4.82. The van der Waals surface area contributed by atoms with E-state index in [1.165, 1.54) is 5.57 Å². The average Bonchev–Trinajstić information content (AvgIpc) is 2.68. The summed E-state index contributed by atoms with van der Waals surface area (Å²) in [7, 11) is 0. The van der Waals surface area contributed by atoms with E-state index in [0.717, 1.165) is 12.8 Å². The minimum Gasteiger partial charge on any atom is -0.461 e. The maximum Gasteiger partial charge on any atom is 0.311 e. The molecule has 0 bridgehead atoms. The zero-order valence-electron chi connectivity index (χ0n) is 19.8. The molecule has 0 saturated carbocycles. The number of cyclic esters (lactones) is 1. The quantitative estimate of drug-likeness (QED) is 0.503. The summed E-state index contributed by atoms with van der Waals surface area (Å²) < 4.78 is 11.6. The smallest absolute Gasteiger partial charge is 0.311 e. The van der Waals surface area contributed by atoms with E-state index in [-0.39, 0.29) is 41.7 Å². The normalized spacial score (nSPS) is 38.4. The topological polar surface area (TPSA) is 72.8 Å². The van der Waals surface area contributed by atoms with Gasteiger partial charge in [-0.1, -0.05) is 52.0 Å². The number of carbonyl (C=O) groups excluding carboxylic acids is 2. The van der Waals surface area contributed by atoms with E-state index in [1.807, 2.05) is 26.8 Å². The lowest BCUT2D eigenvalue weighted by Crippen LogP contribution is -2.50. The van der Waals surface area contributed by atoms with Gasteiger partial charge in [0.1, 0.15) is 12.2 Å². The number of allylic oxidation sites excluding steroid dienone is 4. The van der Waals surface area contributed by atoms with Gasteiger partial charge in [0.15, 0.2) is 0 Å². The van der Waals surface area contributed by atoms with Crippen LogP contribution in [0.25, 0.3) is 0 Å². The van der Waals surface area contributed by atoms with Gasteiger partial charge < -0.3 is 14.6 Å². The zero-order valence-corrected chi connectivity index (χ0v) is 19.8. The highest BCUT2D eigenvalue weighted by atomic mass is 16.6. The first-order chi connectivity index (χ1) is 14.5. The molecule has 0 aromatic carbocycles. The van der Waals surface area contributed by atoms with Crippen molar-refractivity contribution in [2.45, 2.75) is 85.5 Å². The van der Waals surface area contributed by atoms with Crippen molar-refractivity contribution in [2.75, 3.05) is 0 Å². The number of hydrogen-bond donors (Lipinski definition) is 1. The molecule has 1 N–H and O–H groups in total. The van der Waals surface area contributed by atoms with E-state index in [1.54, 1.807) is 0 Å². The van der Waals surface area contributed by atoms with Gasteiger partial charge in [-0.2, -0.15) is 0 Å². The predicted octanol–water partition coefficient (Wildman–Crippen LogP) is 4.75. The average molecular weight is 431 g/mol. The molecule has 3 rings (SSSR count). The van der Waals surface area contributed by atoms with E-state index in [9.17, 15) is 14.7 Å². The van der Waals surface area contributed by atoms with Crippen molar-refractivity contribution >= 4 is 11.9 Å². The molecule has 1 aliphatic heterocycles. The molecule has 0 amide bonds. The van der Waals surface area contributed by atoms with E-state index < -0.39 is 17.6 Å². The van der Waals surface area contributed by atoms with Crippen LogP contribution >= 0.6 is 0 Å². The first kappa shape index (κ1) is 23.8. The van der Waals surface area contributed by atoms with E-state index in [4.69, 9.17) is 9.47 Å². The van der Waals surface area contributed by atoms with E-state index >= 15 is 0 Å². The third-order valence-electron chi connectivity index (χ3n) is 7.59. The standard InChI is InChI=1S/C26H38O5/c1-7-25(4,5)24(29)31-22-13-16(2)12-18-9-8-17(3)21(26(18,22)6)11-10-20-14-19(27)15-23(28)30-20/h8-12,16-17,19-22,27H,7,13-15H2,1-6H3/b11-10+/t16-,17-,19+,20+,21-,22-,26-/m0/s1. The molecule has 1 saturated heterocycles. The Balaban J connectivity index is 1.92. The van der Waals surface area contributed by atoms with E-state index in [0.29, 0.717) is 12.3 Å². The summed E-state index contributed by atoms with van der Waals surface area (Å²) in [6, 6.07) is 0. The van der Waals surface area contributed by atoms with Crippen molar-refractivity contribution in [1.82, 2.24) is 0 Å². The van der Waals surface area contributed by atoms with Gasteiger partial charge in [-0.25, -0.2) is 0 Å². The van der Waals surface area contributed by atoms with Crippen molar-refractivity contribution in [3.05, 3.63) is 36.0 Å². The summed E-state index contributed by atoms with van der Waals surface area (Å²) in [6.45, 7) is 12.4. The minimum absolute atomic E-state index is 0.0562. The molecule has 172 valence electrons. The lowest BCUT2D eigenvalue weighted by atomic mass is 9.56. The number of hydrogen-bond acceptors (Lipinski definition) is 5. The lowest BCUT2D eigenvalue weighted by Gasteiger charge is -2.51. The molecule has 0 spiro atoms. The fourth-order valence-corrected chi connectivity index (χ4v) is 5.04. The van der Waals surface area contributed by atoms with E-state index in [2.05, 4.69) is 45.1 Å². The van der Waals surface area contributed by atoms with Gasteiger partial charge in [0, 0.05) is 11.8 Å². The minimum atomic E-state index is -0.661. The molecular weight excluding hydrogens is 392 g/mol. The number of rotatable bonds is 5. The summed E-state index contributed by atoms with van der Waals surface area (Å²) >= 11 is 0. The molecule has 5 heteroatoms. The van der Waals surface area contributed by atoms with Crippen LogP contribution in [0.5, 0.6) is 0 Å². The largest absolute Gasteiger partial charge is 0.461 e. The van der Waals surface area contributed by atoms with Crippen LogP contribution < -0.4 is 0 Å². The Kier molecular flexibility index (Phi) is 6.85. The monoisotopic (exact) mass is 430 g/mol. The Morgan fingerprint density at radius 3 is 2.68 bits per heavy atom. The van der Waals surface area contributed by atoms with Crippen LogP contribution in [0.3, 0.4) is 0 Å². The van der Waals surface area contributed by atoms with Crippen LogP contribution in [-0.2, 0) is 19.1 Å². The van der Waals surface area contributed by atoms with Crippen molar-refractivity contribution in [2.24, 2.45) is 28.6 Å². The van der Waals surface area contributed by atoms with Crippen molar-refractivity contribution < 1.29 is 24.2 Å². The first-order valence-electron chi connectivity index (χ1n) is 11.6. The van der Waals surface area contributed by atoms with Crippen molar-refractivity contribution in [3.8, 4) is 0 Å². The third-order valence-corrected chi connectivity index (χ3v) is 7.59. The van der Waals surface area contributed by atoms with Crippen molar-refractivity contribution in [1.29, 1.82) is 0 Å². The number of esters is 2. The Morgan fingerprint density at radius 2 is 2.03 bits per heavy atom. The van der Waals surface area contributed by atoms with Crippen LogP contribution in [0.2, 0.25) is 0 Å². The highest BCUT2D eigenvalue weighted by Gasteiger charge is 2.51. The second-order valence-corrected chi connectivity index (χ2v) is 10.5. The van der Waals surface area contributed by atoms with Gasteiger partial charge in [0.05, 0.1) is 17.9 Å². The SMILES string of the molecule is CCC(C)(C)C(=O)O[C@H]1C[C@@H](C)C=C2C=C[C@H](C)[C@H](/C=C/[C@@H]3C[C@@H](O)CC(=O)O3)[C@]21C. The van der Waals surface area contributed by atoms with Crippen LogP contribution in [0.4, 0.5) is 0 Å². The molecule has 0 aromatic heterocycles. The van der Waals surface area contributed by atoms with Gasteiger partial charge in [-0.3, -0.25) is 9.59 Å². The van der Waals surface area contributed by atoms with Gasteiger partial charge >= 0.3 is 11.9 Å². The maximum atomic E-state index is 13.0. The molecule has 7 atom stereocenters. The fraction of sp³-hybridized carbons (Fsp3) is 0.692. The maximum absolute atomic E-state index is 13.0. The summed E-state index contributed by atoms with van der Waals surface area (Å²) in [5.74, 6) is 0.122. The number of aliphatic hydroxyl groups excluding tert-OH is 1. The molecular formula is C26H38O5. The molecule has 3 aliphatic rings. The van der Waals surface area contributed by atoms with Crippen LogP contribution in [0, 0.1) is 28.6 Å². The second kappa shape index (κ2) is 8.93. The van der Waals surface area contributed by atoms with Gasteiger partial charge in [0.2, 0.25) is 0 Å². The molecule has 1 fully saturated rings. The molecule has 0 unspecified atom stereocenters. The number of ether oxygens (including phenoxy) is 2. The first-order valence-corrected chi connectivity index (χ1v) is 11.6. The highest BCUT2D eigenvalue weighted by molar-refractivity contribution is 5.76. The molecule has 31 heavy (non-hydrogen) atoms. The Morgan fingerprint density at radius 1 is 1.32 bits per heavy atom. The number of carbonyl (C=O) groups is 2. The highest BCUT2D eigenvalue weighted by Crippen LogP contribution is 2.53. The fourth-order valence-electron chi connectivity index (χ4n) is 5.04. The Hall–Kier alpha value is -1.88. The lowest BCUT2D eigenvalue weighted by molar-refractivity contribution is -0.169. The zero-order chi connectivity index (χ0) is 23.0. The number of fused-ring (bicyclic) bond motifs is 1.